The summed E-state index contributed by atoms with van der Waals surface area (Å²) in [6.07, 6.45) is -5.67. The Kier molecular flexibility index (Phi) is 9.68. The van der Waals surface area contributed by atoms with Crippen molar-refractivity contribution in [3.63, 3.8) is 0 Å². The van der Waals surface area contributed by atoms with Gasteiger partial charge in [-0.3, -0.25) is 4.52 Å². The van der Waals surface area contributed by atoms with Gasteiger partial charge in [0.05, 0.1) is 6.61 Å². The number of phosphoric ester groups is 1. The van der Waals surface area contributed by atoms with Gasteiger partial charge in [0.1, 0.15) is 18.3 Å². The molecule has 2 radical (unpaired) electrons. The van der Waals surface area contributed by atoms with Crippen molar-refractivity contribution < 1.29 is 44.4 Å². The van der Waals surface area contributed by atoms with Gasteiger partial charge in [0, 0.05) is 48.9 Å². The van der Waals surface area contributed by atoms with E-state index < -0.39 is 39.0 Å². The molecular weight excluding hydrogens is 372 g/mol. The molecule has 7 N–H and O–H groups in total. The van der Waals surface area contributed by atoms with Gasteiger partial charge in [-0.25, -0.2) is 4.57 Å². The molecule has 0 aromatic heterocycles. The van der Waals surface area contributed by atoms with Crippen molar-refractivity contribution in [3.05, 3.63) is 0 Å². The van der Waals surface area contributed by atoms with Crippen LogP contribution < -0.4 is 0 Å². The Hall–Kier alpha value is 1.48. The molecule has 11 heteroatoms. The van der Waals surface area contributed by atoms with E-state index in [1.54, 1.807) is 0 Å². The van der Waals surface area contributed by atoms with Crippen molar-refractivity contribution in [3.8, 4) is 0 Å². The summed E-state index contributed by atoms with van der Waals surface area (Å²) in [6.45, 7) is -0.612. The summed E-state index contributed by atoms with van der Waals surface area (Å²) in [5.41, 5.74) is 0. The molecule has 1 rings (SSSR count). The molecule has 0 aromatic carbocycles. The minimum Gasteiger partial charge on any atom is -0.412 e. The van der Waals surface area contributed by atoms with Crippen LogP contribution in [0.1, 0.15) is 0 Å². The predicted molar refractivity (Wildman–Crippen MR) is 50.3 cm³/mol. The molecule has 1 unspecified atom stereocenters. The molecule has 1 aliphatic heterocycles. The summed E-state index contributed by atoms with van der Waals surface area (Å²) in [7, 11) is -4.64. The van der Waals surface area contributed by atoms with Crippen LogP contribution in [0.2, 0.25) is 0 Å². The third-order valence-corrected chi connectivity index (χ3v) is 2.23. The van der Waals surface area contributed by atoms with E-state index in [-0.39, 0.29) is 54.4 Å². The molecular formula is C5H13BaO9P. The van der Waals surface area contributed by atoms with E-state index >= 15 is 0 Å². The van der Waals surface area contributed by atoms with E-state index in [2.05, 4.69) is 9.26 Å². The zero-order valence-corrected chi connectivity index (χ0v) is 13.5. The molecule has 0 spiro atoms. The number of hydrogen-bond donors (Lipinski definition) is 5. The van der Waals surface area contributed by atoms with Gasteiger partial charge in [-0.1, -0.05) is 0 Å². The first-order chi connectivity index (χ1) is 6.31. The summed E-state index contributed by atoms with van der Waals surface area (Å²) in [4.78, 5) is 16.6. The fourth-order valence-electron chi connectivity index (χ4n) is 1.04. The minimum absolute atomic E-state index is 0. The Balaban J connectivity index is 0. The average molecular weight is 385 g/mol. The normalized spacial score (nSPS) is 34.1. The van der Waals surface area contributed by atoms with Gasteiger partial charge in [0.25, 0.3) is 0 Å². The zero-order valence-electron chi connectivity index (χ0n) is 8.13. The third kappa shape index (κ3) is 5.89. The second-order valence-electron chi connectivity index (χ2n) is 2.83. The van der Waals surface area contributed by atoms with E-state index in [1.807, 2.05) is 0 Å². The molecule has 1 heterocycles. The van der Waals surface area contributed by atoms with Crippen LogP contribution in [0, 0.1) is 0 Å². The largest absolute Gasteiger partial charge is 0.469 e. The Morgan fingerprint density at radius 3 is 2.00 bits per heavy atom. The van der Waals surface area contributed by atoms with Crippen molar-refractivity contribution in [2.75, 3.05) is 6.61 Å². The standard InChI is InChI=1S/C5H11O8P.Ba.H2O/c6-3-2(1-12-14(9,10)11)13-5(8)4(3)7;;/h2-8H,1H2,(H2,9,10,11);;1H2/t2-,3-,4-,5?;;/m1../s1. The van der Waals surface area contributed by atoms with Crippen LogP contribution in [0.5, 0.6) is 0 Å². The fraction of sp³-hybridized carbons (Fsp3) is 1.00. The van der Waals surface area contributed by atoms with Crippen LogP contribution in [0.25, 0.3) is 0 Å². The van der Waals surface area contributed by atoms with Gasteiger partial charge in [-0.05, 0) is 0 Å². The van der Waals surface area contributed by atoms with Gasteiger partial charge >= 0.3 is 7.82 Å². The molecule has 0 aromatic rings. The third-order valence-electron chi connectivity index (χ3n) is 1.74. The van der Waals surface area contributed by atoms with E-state index in [9.17, 15) is 4.57 Å². The van der Waals surface area contributed by atoms with E-state index in [1.165, 1.54) is 0 Å². The number of aliphatic hydroxyl groups is 3. The van der Waals surface area contributed by atoms with Crippen LogP contribution >= 0.6 is 7.82 Å². The van der Waals surface area contributed by atoms with Gasteiger partial charge in [-0.15, -0.1) is 0 Å². The van der Waals surface area contributed by atoms with Crippen LogP contribution in [-0.2, 0) is 13.8 Å². The van der Waals surface area contributed by atoms with Crippen molar-refractivity contribution in [1.29, 1.82) is 0 Å². The van der Waals surface area contributed by atoms with Crippen LogP contribution in [0.15, 0.2) is 0 Å². The molecule has 1 aliphatic rings. The van der Waals surface area contributed by atoms with Crippen molar-refractivity contribution in [2.24, 2.45) is 0 Å². The smallest absolute Gasteiger partial charge is 0.412 e. The number of hydrogen-bond acceptors (Lipinski definition) is 6. The molecule has 16 heavy (non-hydrogen) atoms. The summed E-state index contributed by atoms with van der Waals surface area (Å²) < 4.78 is 18.9. The first-order valence-electron chi connectivity index (χ1n) is 3.71. The zero-order chi connectivity index (χ0) is 10.9. The van der Waals surface area contributed by atoms with Gasteiger partial charge in [0.15, 0.2) is 6.29 Å². The van der Waals surface area contributed by atoms with E-state index in [0.717, 1.165) is 0 Å². The van der Waals surface area contributed by atoms with Gasteiger partial charge in [0.2, 0.25) is 0 Å². The van der Waals surface area contributed by atoms with Crippen molar-refractivity contribution >= 4 is 56.7 Å². The average Bonchev–Trinajstić information content (AvgIpc) is 2.28. The van der Waals surface area contributed by atoms with Crippen molar-refractivity contribution in [2.45, 2.75) is 24.6 Å². The van der Waals surface area contributed by atoms with Gasteiger partial charge < -0.3 is 35.3 Å². The van der Waals surface area contributed by atoms with Crippen LogP contribution in [0.3, 0.4) is 0 Å². The Bertz CT molecular complexity index is 244. The first kappa shape index (κ1) is 19.8. The molecule has 1 fully saturated rings. The topological polar surface area (TPSA) is 168 Å². The maximum Gasteiger partial charge on any atom is 0.469 e. The van der Waals surface area contributed by atoms with Crippen LogP contribution in [0.4, 0.5) is 0 Å². The maximum atomic E-state index is 10.3. The second kappa shape index (κ2) is 7.82. The minimum atomic E-state index is -4.64. The Morgan fingerprint density at radius 2 is 1.69 bits per heavy atom. The predicted octanol–water partition coefficient (Wildman–Crippen LogP) is -3.67. The molecule has 9 nitrogen and oxygen atoms in total. The Labute approximate surface area is 131 Å². The monoisotopic (exact) mass is 386 g/mol. The number of ether oxygens (including phenoxy) is 1. The summed E-state index contributed by atoms with van der Waals surface area (Å²) >= 11 is 0. The summed E-state index contributed by atoms with van der Waals surface area (Å²) in [5, 5.41) is 27.0. The summed E-state index contributed by atoms with van der Waals surface area (Å²) in [5.74, 6) is 0. The molecule has 94 valence electrons. The summed E-state index contributed by atoms with van der Waals surface area (Å²) in [6, 6.07) is 0. The second-order valence-corrected chi connectivity index (χ2v) is 4.07. The quantitative estimate of drug-likeness (QED) is 0.244. The molecule has 1 saturated heterocycles. The Morgan fingerprint density at radius 1 is 1.19 bits per heavy atom. The molecule has 0 bridgehead atoms. The van der Waals surface area contributed by atoms with E-state index in [4.69, 9.17) is 25.1 Å². The molecule has 0 aliphatic carbocycles. The van der Waals surface area contributed by atoms with E-state index in [0.29, 0.717) is 0 Å². The van der Waals surface area contributed by atoms with Crippen molar-refractivity contribution in [1.82, 2.24) is 0 Å². The SMILES string of the molecule is O.O=P(O)(O)OC[C@H]1OC(O)[C@H](O)[C@@H]1O.[Ba]. The maximum absolute atomic E-state index is 10.3. The fourth-order valence-corrected chi connectivity index (χ4v) is 1.38. The first-order valence-corrected chi connectivity index (χ1v) is 5.24. The number of rotatable bonds is 3. The number of aliphatic hydroxyl groups excluding tert-OH is 3. The number of phosphoric acid groups is 1. The molecule has 4 atom stereocenters. The molecule has 0 saturated carbocycles. The van der Waals surface area contributed by atoms with Gasteiger partial charge in [-0.2, -0.15) is 0 Å². The molecule has 0 amide bonds. The van der Waals surface area contributed by atoms with Crippen LogP contribution in [-0.4, -0.2) is 111 Å².